The Hall–Kier alpha value is -1.45. The molecule has 1 heterocycles. The van der Waals surface area contributed by atoms with Gasteiger partial charge in [-0.1, -0.05) is 39.2 Å². The van der Waals surface area contributed by atoms with Crippen molar-refractivity contribution in [2.75, 3.05) is 6.54 Å². The molecular formula is C25H35NO3. The highest BCUT2D eigenvalue weighted by Crippen LogP contribution is 2.62. The van der Waals surface area contributed by atoms with E-state index in [-0.39, 0.29) is 28.9 Å². The number of carbonyl (C=O) groups is 3. The summed E-state index contributed by atoms with van der Waals surface area (Å²) >= 11 is 0. The minimum absolute atomic E-state index is 0.0200. The predicted molar refractivity (Wildman–Crippen MR) is 111 cm³/mol. The summed E-state index contributed by atoms with van der Waals surface area (Å²) < 4.78 is 0. The van der Waals surface area contributed by atoms with Gasteiger partial charge >= 0.3 is 0 Å². The molecule has 0 radical (unpaired) electrons. The monoisotopic (exact) mass is 397 g/mol. The average Bonchev–Trinajstić information content (AvgIpc) is 2.99. The number of Topliss-reactive ketones (excluding diaryl/α,β-unsaturated/α-hetero) is 2. The van der Waals surface area contributed by atoms with Gasteiger partial charge in [-0.2, -0.15) is 0 Å². The van der Waals surface area contributed by atoms with Crippen LogP contribution in [0.1, 0.15) is 84.5 Å². The van der Waals surface area contributed by atoms with Crippen molar-refractivity contribution in [1.82, 2.24) is 4.90 Å². The quantitative estimate of drug-likeness (QED) is 0.680. The Morgan fingerprint density at radius 1 is 1.00 bits per heavy atom. The van der Waals surface area contributed by atoms with E-state index in [4.69, 9.17) is 0 Å². The van der Waals surface area contributed by atoms with Crippen LogP contribution in [-0.2, 0) is 14.4 Å². The summed E-state index contributed by atoms with van der Waals surface area (Å²) in [6.45, 7) is 5.13. The number of hydrogen-bond acceptors (Lipinski definition) is 3. The van der Waals surface area contributed by atoms with Crippen LogP contribution in [0.5, 0.6) is 0 Å². The van der Waals surface area contributed by atoms with Gasteiger partial charge in [-0.3, -0.25) is 14.4 Å². The minimum atomic E-state index is -0.438. The van der Waals surface area contributed by atoms with E-state index >= 15 is 0 Å². The molecule has 0 aromatic rings. The Morgan fingerprint density at radius 2 is 1.76 bits per heavy atom. The standard InChI is InChI=1S/C25H35NO3/c1-24-13-12-22(29)26(15-16-6-4-3-5-7-16)20(24)10-8-17-18-9-11-21(28)25(18,2)14-19(27)23(17)24/h10,16-18,23H,3-9,11-15H2,1-2H3/t17?,18-,23+,24?,25?/m0/s1. The van der Waals surface area contributed by atoms with E-state index in [9.17, 15) is 14.4 Å². The molecule has 29 heavy (non-hydrogen) atoms. The third-order valence-corrected chi connectivity index (χ3v) is 9.44. The lowest BCUT2D eigenvalue weighted by Crippen LogP contribution is -2.58. The Morgan fingerprint density at radius 3 is 2.52 bits per heavy atom. The first kappa shape index (κ1) is 19.5. The van der Waals surface area contributed by atoms with Gasteiger partial charge in [-0.15, -0.1) is 0 Å². The van der Waals surface area contributed by atoms with Crippen LogP contribution in [0.4, 0.5) is 0 Å². The molecule has 4 nitrogen and oxygen atoms in total. The lowest BCUT2D eigenvalue weighted by molar-refractivity contribution is -0.152. The molecule has 0 N–H and O–H groups in total. The molecule has 0 bridgehead atoms. The largest absolute Gasteiger partial charge is 0.316 e. The smallest absolute Gasteiger partial charge is 0.226 e. The molecule has 3 unspecified atom stereocenters. The number of fused-ring (bicyclic) bond motifs is 5. The summed E-state index contributed by atoms with van der Waals surface area (Å²) in [4.78, 5) is 41.1. The molecule has 3 saturated carbocycles. The molecule has 0 aromatic heterocycles. The van der Waals surface area contributed by atoms with Crippen molar-refractivity contribution in [3.8, 4) is 0 Å². The number of hydrogen-bond donors (Lipinski definition) is 0. The summed E-state index contributed by atoms with van der Waals surface area (Å²) in [6, 6.07) is 0. The zero-order valence-corrected chi connectivity index (χ0v) is 18.0. The number of amides is 1. The normalized spacial score (nSPS) is 43.0. The molecule has 1 saturated heterocycles. The Balaban J connectivity index is 1.48. The van der Waals surface area contributed by atoms with Crippen LogP contribution < -0.4 is 0 Å². The molecule has 1 amide bonds. The lowest BCUT2D eigenvalue weighted by Gasteiger charge is -2.57. The second-order valence-corrected chi connectivity index (χ2v) is 11.0. The fraction of sp³-hybridized carbons (Fsp3) is 0.800. The van der Waals surface area contributed by atoms with E-state index in [1.807, 2.05) is 6.92 Å². The zero-order valence-electron chi connectivity index (χ0n) is 18.0. The highest BCUT2D eigenvalue weighted by Gasteiger charge is 2.62. The SMILES string of the molecule is CC12CC(=O)[C@H]3C(CC=C4N(CC5CCCCC5)C(=O)CCC43C)[C@@H]1CCC2=O. The fourth-order valence-electron chi connectivity index (χ4n) is 7.89. The molecule has 0 aromatic carbocycles. The average molecular weight is 398 g/mol. The maximum Gasteiger partial charge on any atom is 0.226 e. The highest BCUT2D eigenvalue weighted by atomic mass is 16.2. The first-order valence-electron chi connectivity index (χ1n) is 11.9. The van der Waals surface area contributed by atoms with Gasteiger partial charge < -0.3 is 4.90 Å². The molecule has 5 atom stereocenters. The van der Waals surface area contributed by atoms with Gasteiger partial charge in [0.05, 0.1) is 0 Å². The van der Waals surface area contributed by atoms with Crippen molar-refractivity contribution in [2.45, 2.75) is 84.5 Å². The maximum atomic E-state index is 13.5. The van der Waals surface area contributed by atoms with Crippen molar-refractivity contribution in [1.29, 1.82) is 0 Å². The second kappa shape index (κ2) is 6.78. The summed E-state index contributed by atoms with van der Waals surface area (Å²) in [7, 11) is 0. The van der Waals surface area contributed by atoms with Gasteiger partial charge in [0.2, 0.25) is 5.91 Å². The first-order valence-corrected chi connectivity index (χ1v) is 11.9. The van der Waals surface area contributed by atoms with Gasteiger partial charge in [0.25, 0.3) is 0 Å². The van der Waals surface area contributed by atoms with E-state index in [1.54, 1.807) is 0 Å². The number of ketones is 2. The molecule has 158 valence electrons. The summed E-state index contributed by atoms with van der Waals surface area (Å²) in [6.07, 6.45) is 12.8. The zero-order chi connectivity index (χ0) is 20.4. The van der Waals surface area contributed by atoms with E-state index in [0.717, 1.165) is 31.5 Å². The molecule has 4 aliphatic carbocycles. The molecular weight excluding hydrogens is 362 g/mol. The van der Waals surface area contributed by atoms with E-state index in [0.29, 0.717) is 36.9 Å². The molecule has 1 aliphatic heterocycles. The third-order valence-electron chi connectivity index (χ3n) is 9.44. The first-order chi connectivity index (χ1) is 13.8. The summed E-state index contributed by atoms with van der Waals surface area (Å²) in [5.41, 5.74) is 0.462. The number of nitrogens with zero attached hydrogens (tertiary/aromatic N) is 1. The minimum Gasteiger partial charge on any atom is -0.316 e. The molecule has 4 fully saturated rings. The number of allylic oxidation sites excluding steroid dienone is 2. The van der Waals surface area contributed by atoms with Crippen molar-refractivity contribution in [3.05, 3.63) is 11.8 Å². The number of carbonyl (C=O) groups excluding carboxylic acids is 3. The van der Waals surface area contributed by atoms with Crippen LogP contribution in [0, 0.1) is 34.5 Å². The predicted octanol–water partition coefficient (Wildman–Crippen LogP) is 4.67. The topological polar surface area (TPSA) is 54.5 Å². The Bertz CT molecular complexity index is 779. The maximum absolute atomic E-state index is 13.5. The Kier molecular flexibility index (Phi) is 4.56. The van der Waals surface area contributed by atoms with Crippen LogP contribution in [-0.4, -0.2) is 28.9 Å². The van der Waals surface area contributed by atoms with Crippen LogP contribution >= 0.6 is 0 Å². The van der Waals surface area contributed by atoms with Gasteiger partial charge in [0.1, 0.15) is 11.6 Å². The number of piperidine rings is 1. The molecule has 4 heteroatoms. The molecule has 5 rings (SSSR count). The van der Waals surface area contributed by atoms with Gasteiger partial charge in [0.15, 0.2) is 0 Å². The van der Waals surface area contributed by atoms with E-state index < -0.39 is 5.41 Å². The van der Waals surface area contributed by atoms with E-state index in [1.165, 1.54) is 32.1 Å². The molecule has 0 spiro atoms. The number of rotatable bonds is 2. The van der Waals surface area contributed by atoms with Crippen molar-refractivity contribution >= 4 is 17.5 Å². The lowest BCUT2D eigenvalue weighted by atomic mass is 9.49. The van der Waals surface area contributed by atoms with Gasteiger partial charge in [-0.05, 0) is 49.9 Å². The van der Waals surface area contributed by atoms with Gasteiger partial charge in [0, 0.05) is 48.3 Å². The summed E-state index contributed by atoms with van der Waals surface area (Å²) in [5.74, 6) is 2.01. The van der Waals surface area contributed by atoms with Crippen LogP contribution in [0.25, 0.3) is 0 Å². The number of likely N-dealkylation sites (tertiary alicyclic amines) is 1. The highest BCUT2D eigenvalue weighted by molar-refractivity contribution is 5.96. The second-order valence-electron chi connectivity index (χ2n) is 11.0. The van der Waals surface area contributed by atoms with Crippen LogP contribution in [0.2, 0.25) is 0 Å². The Labute approximate surface area is 174 Å². The van der Waals surface area contributed by atoms with E-state index in [2.05, 4.69) is 17.9 Å². The van der Waals surface area contributed by atoms with Crippen LogP contribution in [0.3, 0.4) is 0 Å². The fourth-order valence-corrected chi connectivity index (χ4v) is 7.89. The van der Waals surface area contributed by atoms with Gasteiger partial charge in [-0.25, -0.2) is 0 Å². The van der Waals surface area contributed by atoms with Crippen LogP contribution in [0.15, 0.2) is 11.8 Å². The molecule has 5 aliphatic rings. The third kappa shape index (κ3) is 2.80. The van der Waals surface area contributed by atoms with Crippen molar-refractivity contribution < 1.29 is 14.4 Å². The van der Waals surface area contributed by atoms with Crippen molar-refractivity contribution in [2.24, 2.45) is 34.5 Å². The van der Waals surface area contributed by atoms with Crippen molar-refractivity contribution in [3.63, 3.8) is 0 Å². The summed E-state index contributed by atoms with van der Waals surface area (Å²) in [5, 5.41) is 0.